The van der Waals surface area contributed by atoms with E-state index in [4.69, 9.17) is 0 Å². The number of carbonyl (C=O) groups is 1. The maximum atomic E-state index is 11.0. The van der Waals surface area contributed by atoms with E-state index in [9.17, 15) is 4.79 Å². The molecule has 16 heavy (non-hydrogen) atoms. The maximum absolute atomic E-state index is 11.0. The smallest absolute Gasteiger partial charge is 0.240 e. The fourth-order valence-corrected chi connectivity index (χ4v) is 3.26. The molecule has 0 saturated carbocycles. The Balaban J connectivity index is 2.38. The summed E-state index contributed by atoms with van der Waals surface area (Å²) in [5, 5.41) is 4.10. The average molecular weight is 440 g/mol. The third-order valence-electron chi connectivity index (χ3n) is 2.52. The second-order valence-corrected chi connectivity index (χ2v) is 5.98. The number of benzene rings is 1. The molecule has 3 nitrogen and oxygen atoms in total. The SMILES string of the molecule is Cc1c(I)cc(C2=NNC(=O)CC2)cc1I. The van der Waals surface area contributed by atoms with Crippen molar-refractivity contribution < 1.29 is 4.79 Å². The molecule has 0 unspecified atom stereocenters. The van der Waals surface area contributed by atoms with E-state index in [1.54, 1.807) is 0 Å². The number of amides is 1. The summed E-state index contributed by atoms with van der Waals surface area (Å²) in [4.78, 5) is 11.0. The van der Waals surface area contributed by atoms with Gasteiger partial charge in [-0.25, -0.2) is 5.43 Å². The molecular formula is C11H10I2N2O. The summed E-state index contributed by atoms with van der Waals surface area (Å²) in [7, 11) is 0. The fraction of sp³-hybridized carbons (Fsp3) is 0.273. The monoisotopic (exact) mass is 440 g/mol. The molecule has 0 aliphatic carbocycles. The van der Waals surface area contributed by atoms with Gasteiger partial charge in [0.1, 0.15) is 0 Å². The summed E-state index contributed by atoms with van der Waals surface area (Å²) in [5.74, 6) is 0.000237. The van der Waals surface area contributed by atoms with E-state index < -0.39 is 0 Å². The third-order valence-corrected chi connectivity index (χ3v) is 4.76. The molecular weight excluding hydrogens is 430 g/mol. The number of halogens is 2. The van der Waals surface area contributed by atoms with E-state index in [1.807, 2.05) is 0 Å². The van der Waals surface area contributed by atoms with E-state index in [-0.39, 0.29) is 5.91 Å². The quantitative estimate of drug-likeness (QED) is 0.672. The Morgan fingerprint density at radius 2 is 1.88 bits per heavy atom. The van der Waals surface area contributed by atoms with Crippen LogP contribution in [-0.4, -0.2) is 11.6 Å². The van der Waals surface area contributed by atoms with Crippen LogP contribution < -0.4 is 5.43 Å². The van der Waals surface area contributed by atoms with Crippen molar-refractivity contribution in [2.75, 3.05) is 0 Å². The van der Waals surface area contributed by atoms with Crippen molar-refractivity contribution in [1.82, 2.24) is 5.43 Å². The Bertz CT molecular complexity index is 460. The van der Waals surface area contributed by atoms with Crippen molar-refractivity contribution in [2.45, 2.75) is 19.8 Å². The van der Waals surface area contributed by atoms with Crippen molar-refractivity contribution >= 4 is 56.8 Å². The minimum Gasteiger partial charge on any atom is -0.273 e. The van der Waals surface area contributed by atoms with Crippen molar-refractivity contribution in [1.29, 1.82) is 0 Å². The van der Waals surface area contributed by atoms with Crippen LogP contribution >= 0.6 is 45.2 Å². The Labute approximate surface area is 121 Å². The highest BCUT2D eigenvalue weighted by Crippen LogP contribution is 2.22. The van der Waals surface area contributed by atoms with Gasteiger partial charge in [-0.3, -0.25) is 4.79 Å². The second-order valence-electron chi connectivity index (χ2n) is 3.66. The first kappa shape index (κ1) is 12.3. The van der Waals surface area contributed by atoms with Crippen LogP contribution in [0.25, 0.3) is 0 Å². The Morgan fingerprint density at radius 3 is 2.38 bits per heavy atom. The van der Waals surface area contributed by atoms with Crippen LogP contribution in [0.1, 0.15) is 24.0 Å². The minimum absolute atomic E-state index is 0.000237. The summed E-state index contributed by atoms with van der Waals surface area (Å²) in [5.41, 5.74) is 5.90. The van der Waals surface area contributed by atoms with Gasteiger partial charge in [0.15, 0.2) is 0 Å². The lowest BCUT2D eigenvalue weighted by atomic mass is 10.0. The molecule has 1 aromatic rings. The molecule has 0 radical (unpaired) electrons. The first-order valence-corrected chi connectivity index (χ1v) is 7.05. The largest absolute Gasteiger partial charge is 0.273 e. The molecule has 1 aliphatic rings. The molecule has 1 amide bonds. The van der Waals surface area contributed by atoms with Crippen LogP contribution in [0.15, 0.2) is 17.2 Å². The van der Waals surface area contributed by atoms with E-state index in [0.717, 1.165) is 17.7 Å². The molecule has 0 atom stereocenters. The number of hydrogen-bond acceptors (Lipinski definition) is 2. The van der Waals surface area contributed by atoms with E-state index >= 15 is 0 Å². The van der Waals surface area contributed by atoms with Gasteiger partial charge in [0, 0.05) is 20.0 Å². The summed E-state index contributed by atoms with van der Waals surface area (Å²) in [6.45, 7) is 2.11. The van der Waals surface area contributed by atoms with E-state index in [0.29, 0.717) is 6.42 Å². The van der Waals surface area contributed by atoms with Crippen LogP contribution in [-0.2, 0) is 4.79 Å². The number of nitrogens with zero attached hydrogens (tertiary/aromatic N) is 1. The standard InChI is InChI=1S/C11H10I2N2O/c1-6-8(12)4-7(5-9(6)13)10-2-3-11(16)15-14-10/h4-5H,2-3H2,1H3,(H,15,16). The summed E-state index contributed by atoms with van der Waals surface area (Å²) < 4.78 is 2.47. The number of rotatable bonds is 1. The number of nitrogens with one attached hydrogen (secondary N) is 1. The topological polar surface area (TPSA) is 41.5 Å². The van der Waals surface area contributed by atoms with Gasteiger partial charge in [-0.1, -0.05) is 0 Å². The molecule has 0 bridgehead atoms. The van der Waals surface area contributed by atoms with Gasteiger partial charge >= 0.3 is 0 Å². The van der Waals surface area contributed by atoms with Gasteiger partial charge in [-0.2, -0.15) is 5.10 Å². The molecule has 1 N–H and O–H groups in total. The number of hydrazone groups is 1. The zero-order valence-electron chi connectivity index (χ0n) is 8.68. The lowest BCUT2D eigenvalue weighted by Gasteiger charge is -2.13. The zero-order chi connectivity index (χ0) is 11.7. The van der Waals surface area contributed by atoms with Crippen LogP contribution in [0, 0.1) is 14.1 Å². The van der Waals surface area contributed by atoms with E-state index in [2.05, 4.69) is 74.8 Å². The van der Waals surface area contributed by atoms with E-state index in [1.165, 1.54) is 12.7 Å². The lowest BCUT2D eigenvalue weighted by molar-refractivity contribution is -0.121. The van der Waals surface area contributed by atoms with Crippen LogP contribution in [0.5, 0.6) is 0 Å². The maximum Gasteiger partial charge on any atom is 0.240 e. The zero-order valence-corrected chi connectivity index (χ0v) is 13.0. The fourth-order valence-electron chi connectivity index (χ4n) is 1.49. The first-order chi connectivity index (χ1) is 7.58. The van der Waals surface area contributed by atoms with Crippen molar-refractivity contribution in [2.24, 2.45) is 5.10 Å². The molecule has 5 heteroatoms. The second kappa shape index (κ2) is 4.99. The predicted molar refractivity (Wildman–Crippen MR) is 80.5 cm³/mol. The van der Waals surface area contributed by atoms with Gasteiger partial charge in [0.25, 0.3) is 0 Å². The van der Waals surface area contributed by atoms with Gasteiger partial charge in [0.05, 0.1) is 5.71 Å². The molecule has 0 saturated heterocycles. The van der Waals surface area contributed by atoms with Crippen LogP contribution in [0.3, 0.4) is 0 Å². The summed E-state index contributed by atoms with van der Waals surface area (Å²) in [6, 6.07) is 4.24. The van der Waals surface area contributed by atoms with Crippen molar-refractivity contribution in [3.8, 4) is 0 Å². The average Bonchev–Trinajstić information content (AvgIpc) is 2.26. The molecule has 0 fully saturated rings. The molecule has 84 valence electrons. The van der Waals surface area contributed by atoms with Gasteiger partial charge in [-0.15, -0.1) is 0 Å². The minimum atomic E-state index is 0.000237. The molecule has 0 spiro atoms. The molecule has 2 rings (SSSR count). The van der Waals surface area contributed by atoms with Gasteiger partial charge in [0.2, 0.25) is 5.91 Å². The molecule has 1 aromatic carbocycles. The first-order valence-electron chi connectivity index (χ1n) is 4.89. The van der Waals surface area contributed by atoms with Crippen LogP contribution in [0.2, 0.25) is 0 Å². The molecule has 1 heterocycles. The summed E-state index contributed by atoms with van der Waals surface area (Å²) >= 11 is 4.66. The normalized spacial score (nSPS) is 15.7. The predicted octanol–water partition coefficient (Wildman–Crippen LogP) is 2.82. The molecule has 0 aromatic heterocycles. The van der Waals surface area contributed by atoms with Gasteiger partial charge in [-0.05, 0) is 75.4 Å². The van der Waals surface area contributed by atoms with Gasteiger partial charge < -0.3 is 0 Å². The Hall–Kier alpha value is -0.180. The highest BCUT2D eigenvalue weighted by molar-refractivity contribution is 14.1. The number of carbonyl (C=O) groups excluding carboxylic acids is 1. The van der Waals surface area contributed by atoms with Crippen molar-refractivity contribution in [3.05, 3.63) is 30.4 Å². The Morgan fingerprint density at radius 1 is 1.25 bits per heavy atom. The number of hydrogen-bond donors (Lipinski definition) is 1. The van der Waals surface area contributed by atoms with Crippen molar-refractivity contribution in [3.63, 3.8) is 0 Å². The lowest BCUT2D eigenvalue weighted by Crippen LogP contribution is -2.26. The Kier molecular flexibility index (Phi) is 3.83. The third kappa shape index (κ3) is 2.55. The molecule has 1 aliphatic heterocycles. The van der Waals surface area contributed by atoms with Crippen LogP contribution in [0.4, 0.5) is 0 Å². The summed E-state index contributed by atoms with van der Waals surface area (Å²) in [6.07, 6.45) is 1.25. The highest BCUT2D eigenvalue weighted by Gasteiger charge is 2.14. The highest BCUT2D eigenvalue weighted by atomic mass is 127.